The van der Waals surface area contributed by atoms with Gasteiger partial charge in [-0.05, 0) is 31.1 Å². The lowest BCUT2D eigenvalue weighted by Gasteiger charge is -2.18. The Morgan fingerprint density at radius 3 is 0.825 bits per heavy atom. The molecular weight excluding hydrogens is 781 g/mol. The van der Waals surface area contributed by atoms with Crippen LogP contribution in [0.5, 0.6) is 0 Å². The third-order valence-corrected chi connectivity index (χ3v) is 13.7. The fourth-order valence-electron chi connectivity index (χ4n) is 8.63. The van der Waals surface area contributed by atoms with E-state index in [1.54, 1.807) is 0 Å². The molecule has 0 aromatic heterocycles. The summed E-state index contributed by atoms with van der Waals surface area (Å²) in [5.74, 6) is 0.863. The molecule has 0 amide bonds. The van der Waals surface area contributed by atoms with E-state index in [9.17, 15) is 14.4 Å². The molecule has 0 aliphatic heterocycles. The Morgan fingerprint density at radius 1 is 0.317 bits per heavy atom. The molecule has 0 saturated heterocycles. The minimum atomic E-state index is -0.763. The van der Waals surface area contributed by atoms with E-state index in [-0.39, 0.29) is 31.1 Å². The SMILES string of the molecule is CCCCCCCCCCCCCCCCCCCC(=O)OC[C@@H](COC(=O)CCCCCCCCC(C)CC)OC(=O)CCCCCCCCCCCCCCCCC(C)CC. The van der Waals surface area contributed by atoms with E-state index >= 15 is 0 Å². The van der Waals surface area contributed by atoms with Crippen LogP contribution in [0.3, 0.4) is 0 Å². The van der Waals surface area contributed by atoms with Crippen molar-refractivity contribution in [2.45, 2.75) is 323 Å². The average molecular weight is 892 g/mol. The predicted octanol–water partition coefficient (Wildman–Crippen LogP) is 18.5. The van der Waals surface area contributed by atoms with E-state index < -0.39 is 6.10 Å². The maximum Gasteiger partial charge on any atom is 0.306 e. The first-order chi connectivity index (χ1) is 30.8. The van der Waals surface area contributed by atoms with Crippen molar-refractivity contribution < 1.29 is 28.6 Å². The van der Waals surface area contributed by atoms with Crippen LogP contribution >= 0.6 is 0 Å². The van der Waals surface area contributed by atoms with E-state index in [2.05, 4.69) is 34.6 Å². The zero-order valence-electron chi connectivity index (χ0n) is 43.2. The standard InChI is InChI=1S/C57H110O6/c1-6-9-10-11-12-13-14-15-16-17-18-22-25-28-31-37-42-47-55(58)61-50-54(51-62-56(59)48-43-38-34-33-36-41-46-53(5)8-3)63-57(60)49-44-39-32-29-26-23-20-19-21-24-27-30-35-40-45-52(4)7-2/h52-54H,6-51H2,1-5H3/t52?,53?,54-/m0/s1. The van der Waals surface area contributed by atoms with Gasteiger partial charge >= 0.3 is 17.9 Å². The fraction of sp³-hybridized carbons (Fsp3) is 0.947. The highest BCUT2D eigenvalue weighted by Gasteiger charge is 2.19. The number of esters is 3. The van der Waals surface area contributed by atoms with E-state index in [0.717, 1.165) is 69.6 Å². The monoisotopic (exact) mass is 891 g/mol. The molecule has 0 N–H and O–H groups in total. The second kappa shape index (κ2) is 49.8. The minimum Gasteiger partial charge on any atom is -0.462 e. The molecule has 63 heavy (non-hydrogen) atoms. The number of hydrogen-bond acceptors (Lipinski definition) is 6. The quantitative estimate of drug-likeness (QED) is 0.0344. The molecule has 0 radical (unpaired) electrons. The smallest absolute Gasteiger partial charge is 0.306 e. The lowest BCUT2D eigenvalue weighted by molar-refractivity contribution is -0.167. The van der Waals surface area contributed by atoms with Crippen molar-refractivity contribution in [3.05, 3.63) is 0 Å². The maximum atomic E-state index is 12.8. The second-order valence-corrected chi connectivity index (χ2v) is 20.1. The predicted molar refractivity (Wildman–Crippen MR) is 270 cm³/mol. The first-order valence-electron chi connectivity index (χ1n) is 28.3. The van der Waals surface area contributed by atoms with Crippen LogP contribution < -0.4 is 0 Å². The van der Waals surface area contributed by atoms with Gasteiger partial charge in [-0.15, -0.1) is 0 Å². The summed E-state index contributed by atoms with van der Waals surface area (Å²) in [6.45, 7) is 11.4. The average Bonchev–Trinajstić information content (AvgIpc) is 3.28. The number of carbonyl (C=O) groups is 3. The highest BCUT2D eigenvalue weighted by atomic mass is 16.6. The summed E-state index contributed by atoms with van der Waals surface area (Å²) in [6.07, 6.45) is 52.3. The second-order valence-electron chi connectivity index (χ2n) is 20.1. The summed E-state index contributed by atoms with van der Waals surface area (Å²) in [4.78, 5) is 38.0. The molecule has 2 unspecified atom stereocenters. The number of hydrogen-bond donors (Lipinski definition) is 0. The molecule has 0 saturated carbocycles. The van der Waals surface area contributed by atoms with Crippen LogP contribution in [0, 0.1) is 11.8 Å². The van der Waals surface area contributed by atoms with E-state index in [4.69, 9.17) is 14.2 Å². The summed E-state index contributed by atoms with van der Waals surface area (Å²) in [7, 11) is 0. The van der Waals surface area contributed by atoms with E-state index in [0.29, 0.717) is 19.3 Å². The van der Waals surface area contributed by atoms with Crippen LogP contribution in [0.2, 0.25) is 0 Å². The Morgan fingerprint density at radius 2 is 0.556 bits per heavy atom. The fourth-order valence-corrected chi connectivity index (χ4v) is 8.63. The van der Waals surface area contributed by atoms with Crippen molar-refractivity contribution in [1.82, 2.24) is 0 Å². The first-order valence-corrected chi connectivity index (χ1v) is 28.3. The van der Waals surface area contributed by atoms with Crippen molar-refractivity contribution in [2.75, 3.05) is 13.2 Å². The van der Waals surface area contributed by atoms with E-state index in [1.807, 2.05) is 0 Å². The van der Waals surface area contributed by atoms with Crippen LogP contribution in [-0.2, 0) is 28.6 Å². The van der Waals surface area contributed by atoms with Crippen molar-refractivity contribution in [1.29, 1.82) is 0 Å². The Kier molecular flexibility index (Phi) is 48.6. The molecule has 0 bridgehead atoms. The molecule has 0 fully saturated rings. The van der Waals surface area contributed by atoms with Gasteiger partial charge in [-0.2, -0.15) is 0 Å². The van der Waals surface area contributed by atoms with Crippen molar-refractivity contribution in [3.8, 4) is 0 Å². The summed E-state index contributed by atoms with van der Waals surface area (Å²) < 4.78 is 16.9. The molecule has 374 valence electrons. The topological polar surface area (TPSA) is 78.9 Å². The van der Waals surface area contributed by atoms with Gasteiger partial charge in [-0.3, -0.25) is 14.4 Å². The highest BCUT2D eigenvalue weighted by molar-refractivity contribution is 5.71. The van der Waals surface area contributed by atoms with Crippen LogP contribution in [0.25, 0.3) is 0 Å². The molecule has 0 heterocycles. The summed E-state index contributed by atoms with van der Waals surface area (Å²) >= 11 is 0. The zero-order valence-corrected chi connectivity index (χ0v) is 43.2. The summed E-state index contributed by atoms with van der Waals surface area (Å²) in [5, 5.41) is 0. The molecule has 6 nitrogen and oxygen atoms in total. The minimum absolute atomic E-state index is 0.0636. The molecule has 0 aliphatic rings. The van der Waals surface area contributed by atoms with Gasteiger partial charge in [-0.25, -0.2) is 0 Å². The maximum absolute atomic E-state index is 12.8. The van der Waals surface area contributed by atoms with Crippen LogP contribution in [-0.4, -0.2) is 37.2 Å². The Hall–Kier alpha value is -1.59. The van der Waals surface area contributed by atoms with Gasteiger partial charge in [0.15, 0.2) is 6.10 Å². The number of rotatable bonds is 51. The largest absolute Gasteiger partial charge is 0.462 e. The van der Waals surface area contributed by atoms with Crippen molar-refractivity contribution in [3.63, 3.8) is 0 Å². The van der Waals surface area contributed by atoms with E-state index in [1.165, 1.54) is 205 Å². The Labute approximate surface area is 393 Å². The number of unbranched alkanes of at least 4 members (excludes halogenated alkanes) is 34. The van der Waals surface area contributed by atoms with Gasteiger partial charge in [0.05, 0.1) is 0 Å². The summed E-state index contributed by atoms with van der Waals surface area (Å²) in [5.41, 5.74) is 0. The van der Waals surface area contributed by atoms with Crippen molar-refractivity contribution >= 4 is 17.9 Å². The molecule has 3 atom stereocenters. The normalized spacial score (nSPS) is 12.9. The van der Waals surface area contributed by atoms with Crippen LogP contribution in [0.1, 0.15) is 317 Å². The lowest BCUT2D eigenvalue weighted by Crippen LogP contribution is -2.30. The Bertz CT molecular complexity index is 966. The van der Waals surface area contributed by atoms with Gasteiger partial charge < -0.3 is 14.2 Å². The zero-order chi connectivity index (χ0) is 46.1. The molecule has 0 rings (SSSR count). The van der Waals surface area contributed by atoms with Gasteiger partial charge in [0.25, 0.3) is 0 Å². The van der Waals surface area contributed by atoms with Gasteiger partial charge in [-0.1, -0.05) is 279 Å². The highest BCUT2D eigenvalue weighted by Crippen LogP contribution is 2.19. The third kappa shape index (κ3) is 48.2. The van der Waals surface area contributed by atoms with Crippen LogP contribution in [0.4, 0.5) is 0 Å². The molecule has 0 spiro atoms. The van der Waals surface area contributed by atoms with Crippen molar-refractivity contribution in [2.24, 2.45) is 11.8 Å². The Balaban J connectivity index is 4.26. The summed E-state index contributed by atoms with van der Waals surface area (Å²) in [6, 6.07) is 0. The molecular formula is C57H110O6. The molecule has 0 aliphatic carbocycles. The molecule has 0 aromatic carbocycles. The van der Waals surface area contributed by atoms with Gasteiger partial charge in [0.1, 0.15) is 13.2 Å². The molecule has 0 aromatic rings. The lowest BCUT2D eigenvalue weighted by atomic mass is 9.99. The number of ether oxygens (including phenoxy) is 3. The molecule has 6 heteroatoms. The first kappa shape index (κ1) is 61.4. The van der Waals surface area contributed by atoms with Gasteiger partial charge in [0, 0.05) is 19.3 Å². The van der Waals surface area contributed by atoms with Gasteiger partial charge in [0.2, 0.25) is 0 Å². The van der Waals surface area contributed by atoms with Crippen LogP contribution in [0.15, 0.2) is 0 Å². The third-order valence-electron chi connectivity index (χ3n) is 13.7. The number of carbonyl (C=O) groups excluding carboxylic acids is 3.